The number of anilines is 2. The number of rotatable bonds is 2. The van der Waals surface area contributed by atoms with Crippen LogP contribution < -0.4 is 9.21 Å². The molecule has 0 fully saturated rings. The number of fused-ring (bicyclic) bond motifs is 2. The molecule has 6 heteroatoms. The van der Waals surface area contributed by atoms with Gasteiger partial charge in [-0.05, 0) is 61.6 Å². The number of sulfonamides is 1. The summed E-state index contributed by atoms with van der Waals surface area (Å²) in [6.45, 7) is 4.02. The molecule has 2 aromatic rings. The highest BCUT2D eigenvalue weighted by molar-refractivity contribution is 7.92. The number of amides is 1. The van der Waals surface area contributed by atoms with E-state index in [1.54, 1.807) is 30.0 Å². The summed E-state index contributed by atoms with van der Waals surface area (Å²) in [6.07, 6.45) is 2.39. The third-order valence-corrected chi connectivity index (χ3v) is 7.07. The average molecular weight is 370 g/mol. The van der Waals surface area contributed by atoms with Crippen molar-refractivity contribution in [1.82, 2.24) is 0 Å². The fourth-order valence-corrected chi connectivity index (χ4v) is 5.72. The first-order valence-electron chi connectivity index (χ1n) is 8.93. The van der Waals surface area contributed by atoms with Crippen LogP contribution in [0.5, 0.6) is 0 Å². The van der Waals surface area contributed by atoms with Crippen LogP contribution in [0.15, 0.2) is 47.4 Å². The summed E-state index contributed by atoms with van der Waals surface area (Å²) in [5.41, 5.74) is 3.58. The maximum Gasteiger partial charge on any atom is 0.264 e. The molecule has 0 radical (unpaired) electrons. The van der Waals surface area contributed by atoms with Crippen molar-refractivity contribution in [3.63, 3.8) is 0 Å². The number of carbonyl (C=O) groups is 1. The monoisotopic (exact) mass is 370 g/mol. The molecule has 0 aromatic heterocycles. The Morgan fingerprint density at radius 1 is 1.08 bits per heavy atom. The predicted molar refractivity (Wildman–Crippen MR) is 102 cm³/mol. The van der Waals surface area contributed by atoms with Crippen LogP contribution in [0.3, 0.4) is 0 Å². The molecule has 2 aliphatic rings. The lowest BCUT2D eigenvalue weighted by Crippen LogP contribution is -2.35. The lowest BCUT2D eigenvalue weighted by molar-refractivity contribution is -0.116. The van der Waals surface area contributed by atoms with E-state index in [1.807, 2.05) is 31.2 Å². The van der Waals surface area contributed by atoms with Crippen molar-refractivity contribution in [2.24, 2.45) is 0 Å². The van der Waals surface area contributed by atoms with E-state index >= 15 is 0 Å². The van der Waals surface area contributed by atoms with Gasteiger partial charge < -0.3 is 4.90 Å². The summed E-state index contributed by atoms with van der Waals surface area (Å²) < 4.78 is 28.1. The molecule has 0 aliphatic carbocycles. The molecule has 0 spiro atoms. The first kappa shape index (κ1) is 17.1. The van der Waals surface area contributed by atoms with E-state index in [-0.39, 0.29) is 11.9 Å². The quantitative estimate of drug-likeness (QED) is 0.816. The molecule has 1 amide bonds. The summed E-state index contributed by atoms with van der Waals surface area (Å²) in [7, 11) is -3.62. The van der Waals surface area contributed by atoms with E-state index in [1.165, 1.54) is 4.31 Å². The van der Waals surface area contributed by atoms with E-state index < -0.39 is 10.0 Å². The van der Waals surface area contributed by atoms with Gasteiger partial charge in [0, 0.05) is 25.2 Å². The largest absolute Gasteiger partial charge is 0.309 e. The molecule has 4 rings (SSSR count). The molecule has 26 heavy (non-hydrogen) atoms. The van der Waals surface area contributed by atoms with Gasteiger partial charge in [-0.15, -0.1) is 0 Å². The molecular formula is C20H22N2O3S. The van der Waals surface area contributed by atoms with E-state index in [2.05, 4.69) is 0 Å². The second kappa shape index (κ2) is 6.13. The maximum absolute atomic E-state index is 13.3. The number of benzene rings is 2. The van der Waals surface area contributed by atoms with E-state index in [4.69, 9.17) is 0 Å². The van der Waals surface area contributed by atoms with Gasteiger partial charge in [0.05, 0.1) is 10.6 Å². The zero-order valence-corrected chi connectivity index (χ0v) is 15.8. The number of aryl methyl sites for hydroxylation is 1. The van der Waals surface area contributed by atoms with Gasteiger partial charge in [0.1, 0.15) is 0 Å². The van der Waals surface area contributed by atoms with Crippen LogP contribution in [-0.2, 0) is 27.7 Å². The molecule has 0 saturated carbocycles. The van der Waals surface area contributed by atoms with Crippen molar-refractivity contribution in [1.29, 1.82) is 0 Å². The van der Waals surface area contributed by atoms with Crippen molar-refractivity contribution in [3.8, 4) is 0 Å². The molecule has 136 valence electrons. The predicted octanol–water partition coefficient (Wildman–Crippen LogP) is 3.13. The average Bonchev–Trinajstić information content (AvgIpc) is 2.96. The van der Waals surface area contributed by atoms with Crippen LogP contribution in [0, 0.1) is 0 Å². The van der Waals surface area contributed by atoms with E-state index in [0.717, 1.165) is 35.3 Å². The van der Waals surface area contributed by atoms with Crippen molar-refractivity contribution < 1.29 is 13.2 Å². The van der Waals surface area contributed by atoms with Gasteiger partial charge in [0.25, 0.3) is 10.0 Å². The van der Waals surface area contributed by atoms with Crippen LogP contribution in [0.25, 0.3) is 0 Å². The van der Waals surface area contributed by atoms with Crippen molar-refractivity contribution in [2.75, 3.05) is 15.7 Å². The minimum Gasteiger partial charge on any atom is -0.309 e. The fraction of sp³-hybridized carbons (Fsp3) is 0.350. The zero-order valence-electron chi connectivity index (χ0n) is 15.0. The maximum atomic E-state index is 13.3. The summed E-state index contributed by atoms with van der Waals surface area (Å²) in [6, 6.07) is 12.9. The lowest BCUT2D eigenvalue weighted by atomic mass is 10.0. The molecule has 0 N–H and O–H groups in total. The highest BCUT2D eigenvalue weighted by Crippen LogP contribution is 2.36. The molecule has 0 unspecified atom stereocenters. The topological polar surface area (TPSA) is 57.7 Å². The number of carbonyl (C=O) groups excluding carboxylic acids is 1. The smallest absolute Gasteiger partial charge is 0.264 e. The molecule has 0 saturated heterocycles. The molecule has 2 aromatic carbocycles. The summed E-state index contributed by atoms with van der Waals surface area (Å²) in [5, 5.41) is 0. The standard InChI is InChI=1S/C20H22N2O3S/c1-14-12-17-13-18(9-10-20(17)22(14)15(2)23)26(24,25)21-11-5-7-16-6-3-4-8-19(16)21/h3-4,6,8-10,13-14H,5,7,11-12H2,1-2H3/t14-/m1/s1. The second-order valence-corrected chi connectivity index (χ2v) is 8.90. The Morgan fingerprint density at radius 2 is 1.85 bits per heavy atom. The van der Waals surface area contributed by atoms with Crippen molar-refractivity contribution in [2.45, 2.75) is 44.0 Å². The second-order valence-electron chi connectivity index (χ2n) is 7.04. The number of hydrogen-bond acceptors (Lipinski definition) is 3. The molecular weight excluding hydrogens is 348 g/mol. The van der Waals surface area contributed by atoms with Crippen LogP contribution in [-0.4, -0.2) is 26.9 Å². The number of nitrogens with zero attached hydrogens (tertiary/aromatic N) is 2. The highest BCUT2D eigenvalue weighted by atomic mass is 32.2. The summed E-state index contributed by atoms with van der Waals surface area (Å²) >= 11 is 0. The Balaban J connectivity index is 1.75. The Morgan fingerprint density at radius 3 is 2.62 bits per heavy atom. The molecule has 0 bridgehead atoms. The zero-order chi connectivity index (χ0) is 18.5. The van der Waals surface area contributed by atoms with Crippen molar-refractivity contribution in [3.05, 3.63) is 53.6 Å². The minimum absolute atomic E-state index is 0.0168. The molecule has 2 heterocycles. The SMILES string of the molecule is CC(=O)N1c2ccc(S(=O)(=O)N3CCCc4ccccc43)cc2C[C@H]1C. The van der Waals surface area contributed by atoms with Gasteiger partial charge in [-0.3, -0.25) is 9.10 Å². The Kier molecular flexibility index (Phi) is 4.03. The summed E-state index contributed by atoms with van der Waals surface area (Å²) in [4.78, 5) is 13.9. The van der Waals surface area contributed by atoms with Crippen molar-refractivity contribution >= 4 is 27.3 Å². The minimum atomic E-state index is -3.62. The van der Waals surface area contributed by atoms with Crippen LogP contribution in [0.4, 0.5) is 11.4 Å². The van der Waals surface area contributed by atoms with Crippen LogP contribution >= 0.6 is 0 Å². The molecule has 5 nitrogen and oxygen atoms in total. The first-order valence-corrected chi connectivity index (χ1v) is 10.4. The van der Waals surface area contributed by atoms with E-state index in [9.17, 15) is 13.2 Å². The van der Waals surface area contributed by atoms with Crippen LogP contribution in [0.1, 0.15) is 31.4 Å². The first-order chi connectivity index (χ1) is 12.4. The van der Waals surface area contributed by atoms with Gasteiger partial charge in [-0.25, -0.2) is 8.42 Å². The highest BCUT2D eigenvalue weighted by Gasteiger charge is 2.33. The third-order valence-electron chi connectivity index (χ3n) is 5.26. The van der Waals surface area contributed by atoms with Gasteiger partial charge in [0.15, 0.2) is 0 Å². The normalized spacial score (nSPS) is 19.2. The Hall–Kier alpha value is -2.34. The van der Waals surface area contributed by atoms with Gasteiger partial charge in [-0.2, -0.15) is 0 Å². The third kappa shape index (κ3) is 2.60. The van der Waals surface area contributed by atoms with Gasteiger partial charge in [0.2, 0.25) is 5.91 Å². The summed E-state index contributed by atoms with van der Waals surface area (Å²) in [5.74, 6) is -0.0168. The van der Waals surface area contributed by atoms with Crippen LogP contribution in [0.2, 0.25) is 0 Å². The Labute approximate surface area is 154 Å². The molecule has 1 atom stereocenters. The van der Waals surface area contributed by atoms with E-state index in [0.29, 0.717) is 17.9 Å². The van der Waals surface area contributed by atoms with Gasteiger partial charge >= 0.3 is 0 Å². The fourth-order valence-electron chi connectivity index (χ4n) is 4.12. The number of hydrogen-bond donors (Lipinski definition) is 0. The lowest BCUT2D eigenvalue weighted by Gasteiger charge is -2.30. The van der Waals surface area contributed by atoms with Gasteiger partial charge in [-0.1, -0.05) is 18.2 Å². The molecule has 2 aliphatic heterocycles. The Bertz CT molecular complexity index is 984. The number of para-hydroxylation sites is 1.